The minimum Gasteiger partial charge on any atom is -0.459 e. The van der Waals surface area contributed by atoms with E-state index in [1.807, 2.05) is 57.2 Å². The van der Waals surface area contributed by atoms with Crippen molar-refractivity contribution < 1.29 is 38.9 Å². The molecule has 2 aliphatic heterocycles. The van der Waals surface area contributed by atoms with Gasteiger partial charge in [-0.15, -0.1) is 0 Å². The predicted molar refractivity (Wildman–Crippen MR) is 158 cm³/mol. The number of rotatable bonds is 11. The molecule has 4 N–H and O–H groups in total. The van der Waals surface area contributed by atoms with E-state index in [1.54, 1.807) is 17.6 Å². The number of nitrogens with one attached hydrogen (secondary N) is 2. The zero-order chi connectivity index (χ0) is 31.0. The fourth-order valence-electron chi connectivity index (χ4n) is 5.39. The SMILES string of the molecule is CC(C)(C)OC(=O)[C@@H]1CCCN1C[C@@H]1C[C@H](c2ccc(CO)cc2)O[C@H](c2ccc(NC(=O)CCCC(=O)NO)cc2)O1. The summed E-state index contributed by atoms with van der Waals surface area (Å²) in [6.07, 6.45) is 1.59. The third kappa shape index (κ3) is 9.57. The van der Waals surface area contributed by atoms with Crippen molar-refractivity contribution in [2.75, 3.05) is 18.4 Å². The number of carbonyl (C=O) groups excluding carboxylic acids is 3. The molecule has 2 saturated heterocycles. The van der Waals surface area contributed by atoms with E-state index in [4.69, 9.17) is 19.4 Å². The molecule has 2 aromatic rings. The summed E-state index contributed by atoms with van der Waals surface area (Å²) in [4.78, 5) is 38.5. The molecule has 11 nitrogen and oxygen atoms in total. The van der Waals surface area contributed by atoms with Crippen molar-refractivity contribution in [3.63, 3.8) is 0 Å². The molecule has 2 heterocycles. The van der Waals surface area contributed by atoms with Crippen LogP contribution in [-0.2, 0) is 35.2 Å². The molecule has 2 amide bonds. The summed E-state index contributed by atoms with van der Waals surface area (Å²) in [6, 6.07) is 14.6. The lowest BCUT2D eigenvalue weighted by atomic mass is 9.99. The first-order chi connectivity index (χ1) is 20.5. The number of hydrogen-bond acceptors (Lipinski definition) is 9. The molecule has 2 aliphatic rings. The van der Waals surface area contributed by atoms with Gasteiger partial charge in [0, 0.05) is 37.1 Å². The van der Waals surface area contributed by atoms with Crippen molar-refractivity contribution in [1.29, 1.82) is 0 Å². The number of hydrogen-bond donors (Lipinski definition) is 4. The van der Waals surface area contributed by atoms with Crippen molar-refractivity contribution in [3.05, 3.63) is 65.2 Å². The summed E-state index contributed by atoms with van der Waals surface area (Å²) >= 11 is 0. The van der Waals surface area contributed by atoms with Crippen LogP contribution in [-0.4, -0.2) is 63.8 Å². The summed E-state index contributed by atoms with van der Waals surface area (Å²) in [6.45, 7) is 6.92. The maximum Gasteiger partial charge on any atom is 0.323 e. The van der Waals surface area contributed by atoms with Gasteiger partial charge in [-0.25, -0.2) is 5.48 Å². The predicted octanol–water partition coefficient (Wildman–Crippen LogP) is 4.14. The Morgan fingerprint density at radius 1 is 0.977 bits per heavy atom. The summed E-state index contributed by atoms with van der Waals surface area (Å²) in [5.74, 6) is -0.977. The van der Waals surface area contributed by atoms with Crippen LogP contribution in [0.3, 0.4) is 0 Å². The molecule has 4 rings (SSSR count). The van der Waals surface area contributed by atoms with Crippen LogP contribution >= 0.6 is 0 Å². The molecule has 0 spiro atoms. The van der Waals surface area contributed by atoms with E-state index in [2.05, 4.69) is 10.2 Å². The molecular formula is C32H43N3O8. The number of esters is 1. The Kier molecular flexibility index (Phi) is 11.3. The molecule has 0 aromatic heterocycles. The van der Waals surface area contributed by atoms with Crippen LogP contribution in [0.25, 0.3) is 0 Å². The number of aliphatic hydroxyl groups excluding tert-OH is 1. The fourth-order valence-corrected chi connectivity index (χ4v) is 5.39. The molecule has 4 atom stereocenters. The lowest BCUT2D eigenvalue weighted by Gasteiger charge is -2.38. The van der Waals surface area contributed by atoms with Gasteiger partial charge in [0.1, 0.15) is 11.6 Å². The number of aliphatic hydroxyl groups is 1. The van der Waals surface area contributed by atoms with Gasteiger partial charge in [-0.2, -0.15) is 0 Å². The Hall–Kier alpha value is -3.35. The molecule has 11 heteroatoms. The maximum atomic E-state index is 12.9. The van der Waals surface area contributed by atoms with Gasteiger partial charge in [0.05, 0.1) is 18.8 Å². The smallest absolute Gasteiger partial charge is 0.323 e. The molecule has 2 fully saturated rings. The highest BCUT2D eigenvalue weighted by molar-refractivity contribution is 5.91. The standard InChI is InChI=1S/C32H43N3O8/c1-32(2,3)43-30(39)26-6-5-17-35(26)19-25-18-27(22-11-9-21(20-36)10-12-22)42-31(41-25)23-13-15-24(16-14-23)33-28(37)7-4-8-29(38)34-40/h9-16,25-27,31,36,40H,4-8,17-20H2,1-3H3,(H,33,37)(H,34,38)/t25-,26-,27+,31+/m0/s1. The number of carbonyl (C=O) groups is 3. The van der Waals surface area contributed by atoms with Gasteiger partial charge in [0.2, 0.25) is 11.8 Å². The van der Waals surface area contributed by atoms with E-state index in [0.717, 1.165) is 36.1 Å². The minimum atomic E-state index is -0.675. The van der Waals surface area contributed by atoms with Crippen molar-refractivity contribution >= 4 is 23.5 Å². The Morgan fingerprint density at radius 2 is 1.65 bits per heavy atom. The fraction of sp³-hybridized carbons (Fsp3) is 0.531. The monoisotopic (exact) mass is 597 g/mol. The zero-order valence-electron chi connectivity index (χ0n) is 25.1. The molecule has 0 unspecified atom stereocenters. The number of ether oxygens (including phenoxy) is 3. The number of anilines is 1. The summed E-state index contributed by atoms with van der Waals surface area (Å²) < 4.78 is 18.6. The van der Waals surface area contributed by atoms with Crippen molar-refractivity contribution in [2.45, 2.75) is 96.0 Å². The number of nitrogens with zero attached hydrogens (tertiary/aromatic N) is 1. The van der Waals surface area contributed by atoms with Crippen LogP contribution in [0.1, 0.15) is 88.4 Å². The topological polar surface area (TPSA) is 147 Å². The van der Waals surface area contributed by atoms with Crippen molar-refractivity contribution in [3.8, 4) is 0 Å². The van der Waals surface area contributed by atoms with E-state index >= 15 is 0 Å². The van der Waals surface area contributed by atoms with Crippen LogP contribution in [0.5, 0.6) is 0 Å². The van der Waals surface area contributed by atoms with Gasteiger partial charge < -0.3 is 24.6 Å². The number of benzene rings is 2. The van der Waals surface area contributed by atoms with E-state index in [-0.39, 0.29) is 49.6 Å². The largest absolute Gasteiger partial charge is 0.459 e. The van der Waals surface area contributed by atoms with Gasteiger partial charge >= 0.3 is 5.97 Å². The van der Waals surface area contributed by atoms with Gasteiger partial charge in [-0.1, -0.05) is 36.4 Å². The molecule has 0 saturated carbocycles. The molecule has 234 valence electrons. The third-order valence-electron chi connectivity index (χ3n) is 7.49. The summed E-state index contributed by atoms with van der Waals surface area (Å²) in [5, 5.41) is 20.9. The molecule has 43 heavy (non-hydrogen) atoms. The van der Waals surface area contributed by atoms with Crippen LogP contribution in [0, 0.1) is 0 Å². The number of hydroxylamine groups is 1. The lowest BCUT2D eigenvalue weighted by molar-refractivity contribution is -0.253. The molecule has 0 radical (unpaired) electrons. The van der Waals surface area contributed by atoms with Gasteiger partial charge in [-0.3, -0.25) is 24.5 Å². The summed E-state index contributed by atoms with van der Waals surface area (Å²) in [5.41, 5.74) is 4.17. The van der Waals surface area contributed by atoms with Crippen LogP contribution in [0.2, 0.25) is 0 Å². The zero-order valence-corrected chi connectivity index (χ0v) is 25.1. The highest BCUT2D eigenvalue weighted by Gasteiger charge is 2.38. The second-order valence-corrected chi connectivity index (χ2v) is 12.1. The van der Waals surface area contributed by atoms with E-state index in [0.29, 0.717) is 25.1 Å². The Balaban J connectivity index is 1.45. The van der Waals surface area contributed by atoms with E-state index in [9.17, 15) is 19.5 Å². The highest BCUT2D eigenvalue weighted by atomic mass is 16.7. The van der Waals surface area contributed by atoms with Gasteiger partial charge in [-0.05, 0) is 69.8 Å². The number of likely N-dealkylation sites (tertiary alicyclic amines) is 1. The first-order valence-electron chi connectivity index (χ1n) is 14.8. The first-order valence-corrected chi connectivity index (χ1v) is 14.8. The quantitative estimate of drug-likeness (QED) is 0.170. The Labute approximate surface area is 252 Å². The van der Waals surface area contributed by atoms with Crippen LogP contribution < -0.4 is 10.8 Å². The third-order valence-corrected chi connectivity index (χ3v) is 7.49. The van der Waals surface area contributed by atoms with Gasteiger partial charge in [0.15, 0.2) is 6.29 Å². The van der Waals surface area contributed by atoms with Crippen LogP contribution in [0.4, 0.5) is 5.69 Å². The highest BCUT2D eigenvalue weighted by Crippen LogP contribution is 2.39. The molecule has 2 aromatic carbocycles. The van der Waals surface area contributed by atoms with Crippen LogP contribution in [0.15, 0.2) is 48.5 Å². The Bertz CT molecular complexity index is 1230. The first kappa shape index (κ1) is 32.6. The normalized spacial score (nSPS) is 22.6. The second-order valence-electron chi connectivity index (χ2n) is 12.1. The summed E-state index contributed by atoms with van der Waals surface area (Å²) in [7, 11) is 0. The van der Waals surface area contributed by atoms with Crippen molar-refractivity contribution in [2.24, 2.45) is 0 Å². The number of amides is 2. The Morgan fingerprint density at radius 3 is 2.30 bits per heavy atom. The van der Waals surface area contributed by atoms with E-state index in [1.165, 1.54) is 0 Å². The minimum absolute atomic E-state index is 0.0396. The molecule has 0 aliphatic carbocycles. The molecular weight excluding hydrogens is 554 g/mol. The average molecular weight is 598 g/mol. The van der Waals surface area contributed by atoms with Gasteiger partial charge in [0.25, 0.3) is 0 Å². The average Bonchev–Trinajstić information content (AvgIpc) is 3.44. The molecule has 0 bridgehead atoms. The second kappa shape index (κ2) is 14.9. The van der Waals surface area contributed by atoms with E-state index < -0.39 is 17.8 Å². The maximum absolute atomic E-state index is 12.9. The van der Waals surface area contributed by atoms with Crippen molar-refractivity contribution in [1.82, 2.24) is 10.4 Å². The lowest BCUT2D eigenvalue weighted by Crippen LogP contribution is -2.45.